The van der Waals surface area contributed by atoms with Crippen molar-refractivity contribution < 1.29 is 0 Å². The van der Waals surface area contributed by atoms with E-state index >= 15 is 0 Å². The van der Waals surface area contributed by atoms with Crippen molar-refractivity contribution in [3.63, 3.8) is 0 Å². The normalized spacial score (nSPS) is 22.9. The lowest BCUT2D eigenvalue weighted by Gasteiger charge is -2.40. The van der Waals surface area contributed by atoms with Crippen LogP contribution in [0.4, 0.5) is 0 Å². The van der Waals surface area contributed by atoms with Gasteiger partial charge in [0.25, 0.3) is 0 Å². The van der Waals surface area contributed by atoms with E-state index in [1.807, 2.05) is 0 Å². The summed E-state index contributed by atoms with van der Waals surface area (Å²) in [5.74, 6) is 0. The molecule has 0 aromatic carbocycles. The van der Waals surface area contributed by atoms with Crippen LogP contribution in [-0.4, -0.2) is 54.6 Å². The molecule has 0 amide bonds. The first-order valence-electron chi connectivity index (χ1n) is 5.87. The second-order valence-electron chi connectivity index (χ2n) is 4.46. The van der Waals surface area contributed by atoms with Gasteiger partial charge in [-0.15, -0.1) is 0 Å². The van der Waals surface area contributed by atoms with Crippen LogP contribution in [0.25, 0.3) is 0 Å². The van der Waals surface area contributed by atoms with Crippen molar-refractivity contribution in [1.29, 1.82) is 0 Å². The van der Waals surface area contributed by atoms with E-state index in [0.717, 1.165) is 6.54 Å². The van der Waals surface area contributed by atoms with Gasteiger partial charge >= 0.3 is 0 Å². The molecule has 3 heteroatoms. The van der Waals surface area contributed by atoms with Gasteiger partial charge in [-0.05, 0) is 20.3 Å². The lowest BCUT2D eigenvalue weighted by atomic mass is 10.1. The van der Waals surface area contributed by atoms with Gasteiger partial charge in [0.2, 0.25) is 0 Å². The first-order valence-corrected chi connectivity index (χ1v) is 5.87. The Morgan fingerprint density at radius 3 is 1.93 bits per heavy atom. The highest BCUT2D eigenvalue weighted by atomic mass is 15.3. The van der Waals surface area contributed by atoms with Crippen molar-refractivity contribution in [3.8, 4) is 0 Å². The summed E-state index contributed by atoms with van der Waals surface area (Å²) in [6.45, 7) is 12.4. The van der Waals surface area contributed by atoms with E-state index in [2.05, 4.69) is 30.6 Å². The Hall–Kier alpha value is -0.120. The number of hydrogen-bond donors (Lipinski definition) is 1. The minimum Gasteiger partial charge on any atom is -0.329 e. The number of rotatable bonds is 4. The van der Waals surface area contributed by atoms with Crippen molar-refractivity contribution in [2.75, 3.05) is 32.7 Å². The molecule has 0 aliphatic carbocycles. The minimum absolute atomic E-state index is 0.601. The maximum absolute atomic E-state index is 5.75. The zero-order valence-electron chi connectivity index (χ0n) is 9.87. The van der Waals surface area contributed by atoms with Gasteiger partial charge in [-0.25, -0.2) is 0 Å². The second-order valence-corrected chi connectivity index (χ2v) is 4.46. The van der Waals surface area contributed by atoms with Crippen LogP contribution in [0.2, 0.25) is 0 Å². The first kappa shape index (κ1) is 12.0. The van der Waals surface area contributed by atoms with E-state index in [9.17, 15) is 0 Å². The van der Waals surface area contributed by atoms with Crippen LogP contribution >= 0.6 is 0 Å². The SMILES string of the molecule is CCC(CN)N1CCN(C(C)C)CC1. The predicted molar refractivity (Wildman–Crippen MR) is 61.4 cm³/mol. The summed E-state index contributed by atoms with van der Waals surface area (Å²) >= 11 is 0. The van der Waals surface area contributed by atoms with Crippen LogP contribution < -0.4 is 5.73 Å². The molecular weight excluding hydrogens is 174 g/mol. The highest BCUT2D eigenvalue weighted by Crippen LogP contribution is 2.10. The van der Waals surface area contributed by atoms with E-state index in [0.29, 0.717) is 12.1 Å². The van der Waals surface area contributed by atoms with Gasteiger partial charge in [-0.1, -0.05) is 6.92 Å². The summed E-state index contributed by atoms with van der Waals surface area (Å²) < 4.78 is 0. The molecule has 0 spiro atoms. The quantitative estimate of drug-likeness (QED) is 0.725. The van der Waals surface area contributed by atoms with Crippen molar-refractivity contribution >= 4 is 0 Å². The van der Waals surface area contributed by atoms with Gasteiger partial charge in [-0.3, -0.25) is 9.80 Å². The summed E-state index contributed by atoms with van der Waals surface area (Å²) in [6.07, 6.45) is 1.18. The van der Waals surface area contributed by atoms with Crippen molar-refractivity contribution in [1.82, 2.24) is 9.80 Å². The average molecular weight is 199 g/mol. The lowest BCUT2D eigenvalue weighted by Crippen LogP contribution is -2.53. The molecule has 0 aromatic rings. The van der Waals surface area contributed by atoms with Crippen LogP contribution in [-0.2, 0) is 0 Å². The van der Waals surface area contributed by atoms with E-state index in [1.165, 1.54) is 32.6 Å². The highest BCUT2D eigenvalue weighted by molar-refractivity contribution is 4.79. The van der Waals surface area contributed by atoms with E-state index < -0.39 is 0 Å². The molecule has 1 heterocycles. The molecular formula is C11H25N3. The van der Waals surface area contributed by atoms with Gasteiger partial charge in [-0.2, -0.15) is 0 Å². The molecule has 0 saturated carbocycles. The Labute approximate surface area is 88.2 Å². The number of hydrogen-bond acceptors (Lipinski definition) is 3. The maximum Gasteiger partial charge on any atom is 0.0216 e. The molecule has 84 valence electrons. The van der Waals surface area contributed by atoms with Crippen LogP contribution in [0.1, 0.15) is 27.2 Å². The van der Waals surface area contributed by atoms with Gasteiger partial charge < -0.3 is 5.73 Å². The molecule has 14 heavy (non-hydrogen) atoms. The molecule has 3 nitrogen and oxygen atoms in total. The number of nitrogens with two attached hydrogens (primary N) is 1. The minimum atomic E-state index is 0.601. The van der Waals surface area contributed by atoms with Gasteiger partial charge in [0.05, 0.1) is 0 Å². The third-order valence-electron chi connectivity index (χ3n) is 3.34. The first-order chi connectivity index (χ1) is 6.69. The fourth-order valence-corrected chi connectivity index (χ4v) is 2.19. The van der Waals surface area contributed by atoms with E-state index in [1.54, 1.807) is 0 Å². The van der Waals surface area contributed by atoms with Crippen LogP contribution in [0.5, 0.6) is 0 Å². The lowest BCUT2D eigenvalue weighted by molar-refractivity contribution is 0.0791. The Morgan fingerprint density at radius 1 is 1.07 bits per heavy atom. The molecule has 1 rings (SSSR count). The summed E-state index contributed by atoms with van der Waals surface area (Å²) in [6, 6.07) is 1.29. The largest absolute Gasteiger partial charge is 0.329 e. The van der Waals surface area contributed by atoms with Gasteiger partial charge in [0, 0.05) is 44.8 Å². The van der Waals surface area contributed by atoms with E-state index in [-0.39, 0.29) is 0 Å². The Kier molecular flexibility index (Phi) is 4.85. The molecule has 1 atom stereocenters. The van der Waals surface area contributed by atoms with Crippen LogP contribution in [0.3, 0.4) is 0 Å². The van der Waals surface area contributed by atoms with Gasteiger partial charge in [0.15, 0.2) is 0 Å². The Bertz CT molecular complexity index is 147. The topological polar surface area (TPSA) is 32.5 Å². The van der Waals surface area contributed by atoms with Gasteiger partial charge in [0.1, 0.15) is 0 Å². The standard InChI is InChI=1S/C11H25N3/c1-4-11(9-12)14-7-5-13(6-8-14)10(2)3/h10-11H,4-9,12H2,1-3H3. The fraction of sp³-hybridized carbons (Fsp3) is 1.00. The van der Waals surface area contributed by atoms with Crippen molar-refractivity contribution in [3.05, 3.63) is 0 Å². The maximum atomic E-state index is 5.75. The molecule has 1 saturated heterocycles. The molecule has 0 radical (unpaired) electrons. The second kappa shape index (κ2) is 5.69. The molecule has 1 fully saturated rings. The van der Waals surface area contributed by atoms with Crippen LogP contribution in [0.15, 0.2) is 0 Å². The summed E-state index contributed by atoms with van der Waals surface area (Å²) in [5.41, 5.74) is 5.75. The molecule has 1 aliphatic heterocycles. The molecule has 0 aromatic heterocycles. The zero-order chi connectivity index (χ0) is 10.6. The van der Waals surface area contributed by atoms with Crippen molar-refractivity contribution in [2.24, 2.45) is 5.73 Å². The Morgan fingerprint density at radius 2 is 1.57 bits per heavy atom. The van der Waals surface area contributed by atoms with Crippen LogP contribution in [0, 0.1) is 0 Å². The van der Waals surface area contributed by atoms with E-state index in [4.69, 9.17) is 5.73 Å². The molecule has 2 N–H and O–H groups in total. The van der Waals surface area contributed by atoms with Crippen molar-refractivity contribution in [2.45, 2.75) is 39.3 Å². The number of piperazine rings is 1. The molecule has 1 unspecified atom stereocenters. The summed E-state index contributed by atoms with van der Waals surface area (Å²) in [7, 11) is 0. The monoisotopic (exact) mass is 199 g/mol. The third-order valence-corrected chi connectivity index (χ3v) is 3.34. The smallest absolute Gasteiger partial charge is 0.0216 e. The predicted octanol–water partition coefficient (Wildman–Crippen LogP) is 0.750. The average Bonchev–Trinajstić information content (AvgIpc) is 2.20. The summed E-state index contributed by atoms with van der Waals surface area (Å²) in [4.78, 5) is 5.08. The molecule has 0 bridgehead atoms. The highest BCUT2D eigenvalue weighted by Gasteiger charge is 2.22. The fourth-order valence-electron chi connectivity index (χ4n) is 2.19. The number of nitrogens with zero attached hydrogens (tertiary/aromatic N) is 2. The zero-order valence-corrected chi connectivity index (χ0v) is 9.87. The molecule has 1 aliphatic rings. The Balaban J connectivity index is 2.34. The third kappa shape index (κ3) is 2.94. The summed E-state index contributed by atoms with van der Waals surface area (Å²) in [5, 5.41) is 0.